The molecule has 1 saturated heterocycles. The molecule has 2 aromatic carbocycles. The highest BCUT2D eigenvalue weighted by Crippen LogP contribution is 2.31. The molecule has 3 heterocycles. The lowest BCUT2D eigenvalue weighted by molar-refractivity contribution is -0.142. The Morgan fingerprint density at radius 1 is 1.02 bits per heavy atom. The maximum Gasteiger partial charge on any atom is 0.245 e. The number of nitrogens with one attached hydrogen (secondary N) is 1. The van der Waals surface area contributed by atoms with Crippen molar-refractivity contribution in [1.82, 2.24) is 30.0 Å². The van der Waals surface area contributed by atoms with Crippen LogP contribution in [0.2, 0.25) is 5.02 Å². The van der Waals surface area contributed by atoms with Crippen LogP contribution in [0.1, 0.15) is 85.7 Å². The minimum atomic E-state index is -0.946. The van der Waals surface area contributed by atoms with Gasteiger partial charge < -0.3 is 15.0 Å². The summed E-state index contributed by atoms with van der Waals surface area (Å²) >= 11 is 5.98. The fraction of sp³-hybridized carbons (Fsp3) is 0.415. The molecule has 1 N–H and O–H groups in total. The standard InChI is InChI=1S/C41H48ClFN6O4/c1-5-7-8-9-10-11-12-13-20-53-35-18-19-48(40(35)41(52)46-23-30-16-14-17-34(42)37(30)43)36(51)26-49-39-29(15-6-2)21-31(32-24-44-28(4)45-25-32)22-33(39)38(47-49)27(3)50/h5-6,14,16-17,21-22,24-25,35,40H,1-2,7-13,15,18-20,23,26H2,3-4H3,(H,46,52)/t35-,40+/m1/s1. The zero-order valence-electron chi connectivity index (χ0n) is 30.6. The molecular weight excluding hydrogens is 695 g/mol. The summed E-state index contributed by atoms with van der Waals surface area (Å²) in [7, 11) is 0. The normalized spacial score (nSPS) is 15.5. The number of benzene rings is 2. The van der Waals surface area contributed by atoms with E-state index in [1.165, 1.54) is 24.3 Å². The second-order valence-corrected chi connectivity index (χ2v) is 13.9. The minimum Gasteiger partial charge on any atom is -0.375 e. The predicted octanol–water partition coefficient (Wildman–Crippen LogP) is 7.74. The van der Waals surface area contributed by atoms with Crippen molar-refractivity contribution in [3.05, 3.63) is 102 Å². The van der Waals surface area contributed by atoms with Gasteiger partial charge in [-0.1, -0.05) is 61.6 Å². The van der Waals surface area contributed by atoms with Gasteiger partial charge in [0, 0.05) is 55.5 Å². The van der Waals surface area contributed by atoms with Crippen LogP contribution in [0.4, 0.5) is 4.39 Å². The van der Waals surface area contributed by atoms with Crippen LogP contribution >= 0.6 is 11.6 Å². The molecule has 2 amide bonds. The smallest absolute Gasteiger partial charge is 0.245 e. The van der Waals surface area contributed by atoms with Gasteiger partial charge in [0.05, 0.1) is 16.6 Å². The largest absolute Gasteiger partial charge is 0.375 e. The number of Topliss-reactive ketones (excluding diaryl/α,β-unsaturated/α-hetero) is 1. The van der Waals surface area contributed by atoms with Crippen molar-refractivity contribution in [2.24, 2.45) is 0 Å². The first-order chi connectivity index (χ1) is 25.6. The summed E-state index contributed by atoms with van der Waals surface area (Å²) in [5.74, 6) is -1.02. The number of fused-ring (bicyclic) bond motifs is 1. The van der Waals surface area contributed by atoms with E-state index in [0.29, 0.717) is 36.2 Å². The molecule has 0 aliphatic carbocycles. The Balaban J connectivity index is 1.38. The van der Waals surface area contributed by atoms with Crippen LogP contribution in [0.3, 0.4) is 0 Å². The van der Waals surface area contributed by atoms with Gasteiger partial charge in [0.25, 0.3) is 0 Å². The molecular formula is C41H48ClFN6O4. The third-order valence-electron chi connectivity index (χ3n) is 9.57. The number of ether oxygens (including phenoxy) is 1. The number of likely N-dealkylation sites (tertiary alicyclic amines) is 1. The predicted molar refractivity (Wildman–Crippen MR) is 205 cm³/mol. The van der Waals surface area contributed by atoms with Crippen molar-refractivity contribution < 1.29 is 23.5 Å². The van der Waals surface area contributed by atoms with Gasteiger partial charge in [-0.3, -0.25) is 19.1 Å². The molecule has 5 rings (SSSR count). The highest BCUT2D eigenvalue weighted by atomic mass is 35.5. The van der Waals surface area contributed by atoms with Gasteiger partial charge in [-0.2, -0.15) is 5.10 Å². The zero-order chi connectivity index (χ0) is 37.9. The van der Waals surface area contributed by atoms with Crippen molar-refractivity contribution in [3.8, 4) is 11.1 Å². The number of aryl methyl sites for hydroxylation is 1. The first kappa shape index (κ1) is 39.5. The van der Waals surface area contributed by atoms with Crippen LogP contribution in [-0.4, -0.2) is 67.5 Å². The van der Waals surface area contributed by atoms with Gasteiger partial charge in [-0.25, -0.2) is 14.4 Å². The molecule has 4 aromatic rings. The van der Waals surface area contributed by atoms with E-state index < -0.39 is 23.9 Å². The molecule has 1 aliphatic rings. The van der Waals surface area contributed by atoms with Gasteiger partial charge in [0.1, 0.15) is 29.9 Å². The summed E-state index contributed by atoms with van der Waals surface area (Å²) in [6, 6.07) is 7.51. The first-order valence-electron chi connectivity index (χ1n) is 18.3. The summed E-state index contributed by atoms with van der Waals surface area (Å²) in [5.41, 5.74) is 3.51. The molecule has 2 aromatic heterocycles. The molecule has 0 bridgehead atoms. The Morgan fingerprint density at radius 2 is 1.75 bits per heavy atom. The van der Waals surface area contributed by atoms with Crippen LogP contribution < -0.4 is 5.32 Å². The summed E-state index contributed by atoms with van der Waals surface area (Å²) in [4.78, 5) is 51.1. The second kappa shape index (κ2) is 18.8. The molecule has 10 nitrogen and oxygen atoms in total. The van der Waals surface area contributed by atoms with Gasteiger partial charge in [0.15, 0.2) is 5.78 Å². The number of nitrogens with zero attached hydrogens (tertiary/aromatic N) is 5. The Labute approximate surface area is 315 Å². The number of rotatable bonds is 19. The molecule has 0 spiro atoms. The van der Waals surface area contributed by atoms with E-state index in [1.807, 2.05) is 25.1 Å². The second-order valence-electron chi connectivity index (χ2n) is 13.5. The number of halogens is 2. The molecule has 0 saturated carbocycles. The van der Waals surface area contributed by atoms with Crippen molar-refractivity contribution in [1.29, 1.82) is 0 Å². The summed E-state index contributed by atoms with van der Waals surface area (Å²) < 4.78 is 22.5. The van der Waals surface area contributed by atoms with Gasteiger partial charge in [0.2, 0.25) is 11.8 Å². The summed E-state index contributed by atoms with van der Waals surface area (Å²) in [5, 5.41) is 8.01. The van der Waals surface area contributed by atoms with E-state index in [4.69, 9.17) is 16.3 Å². The average Bonchev–Trinajstić information content (AvgIpc) is 3.74. The van der Waals surface area contributed by atoms with Crippen molar-refractivity contribution >= 4 is 40.1 Å². The molecule has 1 aliphatic heterocycles. The maximum absolute atomic E-state index is 14.7. The molecule has 1 fully saturated rings. The van der Waals surface area contributed by atoms with Crippen LogP contribution in [0.15, 0.2) is 68.0 Å². The van der Waals surface area contributed by atoms with Crippen molar-refractivity contribution in [2.75, 3.05) is 13.2 Å². The number of unbranched alkanes of at least 4 members (excludes halogenated alkanes) is 6. The van der Waals surface area contributed by atoms with Crippen molar-refractivity contribution in [3.63, 3.8) is 0 Å². The number of hydrogen-bond acceptors (Lipinski definition) is 7. The Morgan fingerprint density at radius 3 is 2.47 bits per heavy atom. The summed E-state index contributed by atoms with van der Waals surface area (Å²) in [6.45, 7) is 11.4. The van der Waals surface area contributed by atoms with E-state index in [-0.39, 0.29) is 47.6 Å². The zero-order valence-corrected chi connectivity index (χ0v) is 31.3. The Bertz CT molecular complexity index is 1940. The molecule has 280 valence electrons. The average molecular weight is 743 g/mol. The number of amides is 2. The van der Waals surface area contributed by atoms with Gasteiger partial charge >= 0.3 is 0 Å². The fourth-order valence-electron chi connectivity index (χ4n) is 6.85. The number of ketones is 1. The topological polar surface area (TPSA) is 119 Å². The number of carbonyl (C=O) groups is 3. The molecule has 2 atom stereocenters. The van der Waals surface area contributed by atoms with E-state index in [0.717, 1.165) is 55.2 Å². The van der Waals surface area contributed by atoms with Crippen LogP contribution in [0.25, 0.3) is 22.0 Å². The maximum atomic E-state index is 14.7. The number of allylic oxidation sites excluding steroid dienone is 2. The highest BCUT2D eigenvalue weighted by Gasteiger charge is 2.42. The molecule has 53 heavy (non-hydrogen) atoms. The van der Waals surface area contributed by atoms with E-state index in [1.54, 1.807) is 35.3 Å². The fourth-order valence-corrected chi connectivity index (χ4v) is 7.04. The number of carbonyl (C=O) groups excluding carboxylic acids is 3. The Hall–Kier alpha value is -4.74. The lowest BCUT2D eigenvalue weighted by Crippen LogP contribution is -2.51. The third kappa shape index (κ3) is 9.83. The van der Waals surface area contributed by atoms with Crippen LogP contribution in [-0.2, 0) is 33.8 Å². The lowest BCUT2D eigenvalue weighted by atomic mass is 9.98. The number of aromatic nitrogens is 4. The molecule has 0 unspecified atom stereocenters. The number of hydrogen-bond donors (Lipinski definition) is 1. The van der Waals surface area contributed by atoms with E-state index in [2.05, 4.69) is 33.5 Å². The third-order valence-corrected chi connectivity index (χ3v) is 9.86. The molecule has 12 heteroatoms. The van der Waals surface area contributed by atoms with Gasteiger partial charge in [-0.05, 0) is 68.4 Å². The van der Waals surface area contributed by atoms with Crippen LogP contribution in [0, 0.1) is 12.7 Å². The minimum absolute atomic E-state index is 0.0390. The van der Waals surface area contributed by atoms with Crippen molar-refractivity contribution in [2.45, 2.75) is 96.9 Å². The Kier molecular flexibility index (Phi) is 14.0. The van der Waals surface area contributed by atoms with E-state index in [9.17, 15) is 18.8 Å². The highest BCUT2D eigenvalue weighted by molar-refractivity contribution is 6.30. The van der Waals surface area contributed by atoms with Crippen LogP contribution in [0.5, 0.6) is 0 Å². The lowest BCUT2D eigenvalue weighted by Gasteiger charge is -2.27. The quantitative estimate of drug-likeness (QED) is 0.0593. The monoisotopic (exact) mass is 742 g/mol. The van der Waals surface area contributed by atoms with E-state index >= 15 is 0 Å². The molecule has 0 radical (unpaired) electrons. The first-order valence-corrected chi connectivity index (χ1v) is 18.7. The van der Waals surface area contributed by atoms with Gasteiger partial charge in [-0.15, -0.1) is 13.2 Å². The SMILES string of the molecule is C=CCCCCCCCCO[C@@H]1CCN(C(=O)Cn2nc(C(C)=O)c3cc(-c4cnc(C)nc4)cc(CC=C)c32)[C@@H]1C(=O)NCc1cccc(Cl)c1F. The summed E-state index contributed by atoms with van der Waals surface area (Å²) in [6.07, 6.45) is 14.9.